The Kier molecular flexibility index (Phi) is 16.9. The molecule has 0 amide bonds. The lowest BCUT2D eigenvalue weighted by Gasteiger charge is -2.55. The zero-order chi connectivity index (χ0) is 52.5. The van der Waals surface area contributed by atoms with E-state index in [-0.39, 0.29) is 84.2 Å². The van der Waals surface area contributed by atoms with E-state index in [1.165, 1.54) is 6.42 Å². The van der Waals surface area contributed by atoms with E-state index in [0.29, 0.717) is 74.7 Å². The molecule has 0 aromatic rings. The van der Waals surface area contributed by atoms with Gasteiger partial charge in [0, 0.05) is 48.0 Å². The molecule has 9 aliphatic rings. The van der Waals surface area contributed by atoms with Gasteiger partial charge in [-0.3, -0.25) is 9.59 Å². The monoisotopic (exact) mass is 1030 g/mol. The van der Waals surface area contributed by atoms with E-state index in [4.69, 9.17) is 37.9 Å². The fraction of sp³-hybridized carbons (Fsp3) is 0.933. The number of ether oxygens (including phenoxy) is 8. The number of rotatable bonds is 15. The quantitative estimate of drug-likeness (QED) is 0.105. The SMILES string of the molecule is CCC(C(=O)[C@@H](C)[C@@H](O)[C@H](C)[C@@H]1O[C@@H](C(CC)C(=O)O[C@@H]2O[C@@H]3O[C@@H](C)CC[C@@H]4C3[C@@H](CC[C@H]4C)[C@H]2C)CC[C@@H]1C)[C@H]1O[C@]2(C=CC(NC3CC3)[C@]3(CC[C@@](C)([C@H]4CC[C@](O)(CC)[C@H](C)O4)O3)O2)[C@H](C)C[C@@H]1C. The number of Topliss-reactive ketones (excluding diaryl/α,β-unsaturated/α-hetero) is 1. The lowest BCUT2D eigenvalue weighted by molar-refractivity contribution is -0.398. The Labute approximate surface area is 439 Å². The van der Waals surface area contributed by atoms with Gasteiger partial charge in [0.15, 0.2) is 17.9 Å². The van der Waals surface area contributed by atoms with Gasteiger partial charge in [0.2, 0.25) is 6.29 Å². The first-order valence-electron chi connectivity index (χ1n) is 29.9. The number of aliphatic hydroxyl groups is 2. The second-order valence-electron chi connectivity index (χ2n) is 26.2. The summed E-state index contributed by atoms with van der Waals surface area (Å²) in [7, 11) is 0. The number of hydrogen-bond donors (Lipinski definition) is 3. The van der Waals surface area contributed by atoms with E-state index in [0.717, 1.165) is 51.4 Å². The molecule has 0 radical (unpaired) electrons. The summed E-state index contributed by atoms with van der Waals surface area (Å²) < 4.78 is 55.1. The van der Waals surface area contributed by atoms with Crippen molar-refractivity contribution >= 4 is 11.8 Å². The van der Waals surface area contributed by atoms with Crippen molar-refractivity contribution in [2.24, 2.45) is 71.0 Å². The Hall–Kier alpha value is -1.52. The first kappa shape index (κ1) is 56.2. The van der Waals surface area contributed by atoms with E-state index >= 15 is 4.79 Å². The number of ketones is 1. The predicted molar refractivity (Wildman–Crippen MR) is 278 cm³/mol. The van der Waals surface area contributed by atoms with Crippen LogP contribution in [0.25, 0.3) is 0 Å². The van der Waals surface area contributed by atoms with Gasteiger partial charge in [0.05, 0.1) is 65.9 Å². The van der Waals surface area contributed by atoms with E-state index < -0.39 is 59.0 Å². The van der Waals surface area contributed by atoms with Gasteiger partial charge in [-0.15, -0.1) is 0 Å². The summed E-state index contributed by atoms with van der Waals surface area (Å²) in [5.74, 6) is -2.42. The summed E-state index contributed by atoms with van der Waals surface area (Å²) >= 11 is 0. The standard InChI is InChI=1S/C60H99NO12/c1-14-42(54(64)69-55-37(9)45-22-17-32(4)44-23-19-36(8)66-56(70-55)49(44)45)46-24-18-33(5)52(68-46)39(11)50(62)38(10)51(63)43(15-2)53-34(6)31-35(7)59(71-53)28-25-47(61-41-20-21-41)60(73-59)30-29-57(13,72-60)48-26-27-58(65,16-3)40(12)67-48/h25,28,32-50,52-53,55-56,61-62,65H,14-24,26-27,29-31H2,1-13H3/t32-,33+,34+,35-,36+,37-,38+,39+,40+,42?,43?,44+,45+,46-,47?,48-,49?,50-,52-,53+,55-,56+,57+,58-,59+,60+/m1/s1. The average Bonchev–Trinajstić information content (AvgIpc) is 4.15. The molecule has 416 valence electrons. The highest BCUT2D eigenvalue weighted by Crippen LogP contribution is 2.56. The van der Waals surface area contributed by atoms with Crippen LogP contribution >= 0.6 is 0 Å². The number of hydrogen-bond acceptors (Lipinski definition) is 13. The topological polar surface area (TPSA) is 160 Å². The molecule has 4 unspecified atom stereocenters. The molecule has 2 spiro atoms. The molecule has 13 nitrogen and oxygen atoms in total. The molecule has 7 aliphatic heterocycles. The fourth-order valence-corrected chi connectivity index (χ4v) is 16.0. The third-order valence-electron chi connectivity index (χ3n) is 21.3. The van der Waals surface area contributed by atoms with Crippen molar-refractivity contribution in [2.75, 3.05) is 0 Å². The second-order valence-corrected chi connectivity index (χ2v) is 26.2. The Morgan fingerprint density at radius 3 is 2.16 bits per heavy atom. The third-order valence-corrected chi connectivity index (χ3v) is 21.3. The summed E-state index contributed by atoms with van der Waals surface area (Å²) in [5.41, 5.74) is -1.48. The van der Waals surface area contributed by atoms with Crippen molar-refractivity contribution in [3.05, 3.63) is 12.2 Å². The molecule has 0 aromatic carbocycles. The number of aliphatic hydroxyl groups excluding tert-OH is 1. The number of carbonyl (C=O) groups is 2. The molecule has 13 heteroatoms. The molecule has 3 N–H and O–H groups in total. The molecule has 26 atom stereocenters. The highest BCUT2D eigenvalue weighted by molar-refractivity contribution is 5.84. The molecule has 0 bridgehead atoms. The van der Waals surface area contributed by atoms with Crippen LogP contribution in [0.2, 0.25) is 0 Å². The molecule has 8 fully saturated rings. The largest absolute Gasteiger partial charge is 0.435 e. The van der Waals surface area contributed by atoms with E-state index in [1.54, 1.807) is 0 Å². The second kappa shape index (κ2) is 22.0. The Morgan fingerprint density at radius 1 is 0.767 bits per heavy atom. The van der Waals surface area contributed by atoms with Crippen molar-refractivity contribution in [3.63, 3.8) is 0 Å². The highest BCUT2D eigenvalue weighted by atomic mass is 16.8. The van der Waals surface area contributed by atoms with Gasteiger partial charge in [0.1, 0.15) is 5.78 Å². The maximum atomic E-state index is 15.0. The molecule has 0 aromatic heterocycles. The first-order valence-corrected chi connectivity index (χ1v) is 29.9. The van der Waals surface area contributed by atoms with E-state index in [9.17, 15) is 15.0 Å². The fourth-order valence-electron chi connectivity index (χ4n) is 16.0. The van der Waals surface area contributed by atoms with Crippen molar-refractivity contribution in [1.29, 1.82) is 0 Å². The molecular weight excluding hydrogens is 927 g/mol. The Morgan fingerprint density at radius 2 is 1.48 bits per heavy atom. The van der Waals surface area contributed by atoms with E-state index in [1.807, 2.05) is 41.5 Å². The summed E-state index contributed by atoms with van der Waals surface area (Å²) in [4.78, 5) is 29.3. The maximum Gasteiger partial charge on any atom is 0.313 e. The zero-order valence-electron chi connectivity index (χ0n) is 47.2. The minimum Gasteiger partial charge on any atom is -0.435 e. The Bertz CT molecular complexity index is 1950. The lowest BCUT2D eigenvalue weighted by atomic mass is 9.61. The average molecular weight is 1030 g/mol. The van der Waals surface area contributed by atoms with Gasteiger partial charge in [0.25, 0.3) is 0 Å². The van der Waals surface area contributed by atoms with Crippen LogP contribution in [0.5, 0.6) is 0 Å². The Balaban J connectivity index is 0.860. The van der Waals surface area contributed by atoms with Gasteiger partial charge in [-0.1, -0.05) is 81.7 Å². The van der Waals surface area contributed by atoms with E-state index in [2.05, 4.69) is 65.9 Å². The van der Waals surface area contributed by atoms with Crippen molar-refractivity contribution < 1.29 is 57.7 Å². The maximum absolute atomic E-state index is 15.0. The lowest BCUT2D eigenvalue weighted by Crippen LogP contribution is -2.65. The minimum absolute atomic E-state index is 0.0175. The first-order chi connectivity index (χ1) is 34.6. The minimum atomic E-state index is -1.13. The van der Waals surface area contributed by atoms with Gasteiger partial charge < -0.3 is 53.4 Å². The van der Waals surface area contributed by atoms with Crippen LogP contribution in [0.15, 0.2) is 12.2 Å². The number of nitrogens with one attached hydrogen (secondary N) is 1. The van der Waals surface area contributed by atoms with Crippen LogP contribution in [0.4, 0.5) is 0 Å². The van der Waals surface area contributed by atoms with Crippen LogP contribution in [0, 0.1) is 71.0 Å². The molecular formula is C60H99NO12. The molecule has 2 aliphatic carbocycles. The van der Waals surface area contributed by atoms with Gasteiger partial charge in [-0.2, -0.15) is 0 Å². The smallest absolute Gasteiger partial charge is 0.313 e. The number of carbonyl (C=O) groups excluding carboxylic acids is 2. The van der Waals surface area contributed by atoms with Crippen LogP contribution in [-0.2, 0) is 47.5 Å². The van der Waals surface area contributed by atoms with Gasteiger partial charge in [-0.25, -0.2) is 0 Å². The van der Waals surface area contributed by atoms with Crippen LogP contribution in [0.3, 0.4) is 0 Å². The molecule has 7 heterocycles. The molecule has 6 saturated heterocycles. The van der Waals surface area contributed by atoms with Crippen LogP contribution < -0.4 is 5.32 Å². The van der Waals surface area contributed by atoms with Gasteiger partial charge in [-0.05, 0) is 146 Å². The zero-order valence-corrected chi connectivity index (χ0v) is 47.2. The molecule has 2 saturated carbocycles. The molecule has 9 rings (SSSR count). The van der Waals surface area contributed by atoms with Crippen LogP contribution in [-0.4, -0.2) is 112 Å². The van der Waals surface area contributed by atoms with Crippen LogP contribution in [0.1, 0.15) is 193 Å². The highest BCUT2D eigenvalue weighted by Gasteiger charge is 2.64. The summed E-state index contributed by atoms with van der Waals surface area (Å²) in [6.07, 6.45) is 14.1. The summed E-state index contributed by atoms with van der Waals surface area (Å²) in [5, 5.41) is 27.4. The van der Waals surface area contributed by atoms with Crippen molar-refractivity contribution in [1.82, 2.24) is 5.32 Å². The predicted octanol–water partition coefficient (Wildman–Crippen LogP) is 10.2. The normalized spacial score (nSPS) is 49.1. The summed E-state index contributed by atoms with van der Waals surface area (Å²) in [6, 6.07) is 0.213. The van der Waals surface area contributed by atoms with Crippen molar-refractivity contribution in [2.45, 2.75) is 283 Å². The summed E-state index contributed by atoms with van der Waals surface area (Å²) in [6.45, 7) is 27.3. The van der Waals surface area contributed by atoms with Crippen molar-refractivity contribution in [3.8, 4) is 0 Å². The molecule has 73 heavy (non-hydrogen) atoms. The third kappa shape index (κ3) is 10.7. The van der Waals surface area contributed by atoms with Gasteiger partial charge >= 0.3 is 5.97 Å². The number of esters is 1.